The van der Waals surface area contributed by atoms with Crippen LogP contribution < -0.4 is 5.32 Å². The third kappa shape index (κ3) is 8.54. The molecular formula is C15H20INO4. The predicted octanol–water partition coefficient (Wildman–Crippen LogP) is 3.25. The van der Waals surface area contributed by atoms with Gasteiger partial charge in [-0.1, -0.05) is 12.1 Å². The monoisotopic (exact) mass is 405 g/mol. The van der Waals surface area contributed by atoms with Gasteiger partial charge in [0.1, 0.15) is 5.60 Å². The Labute approximate surface area is 138 Å². The first-order valence-corrected chi connectivity index (χ1v) is 7.71. The van der Waals surface area contributed by atoms with Crippen LogP contribution in [0, 0.1) is 3.57 Å². The Balaban J connectivity index is 2.19. The number of hydrogen-bond acceptors (Lipinski definition) is 4. The van der Waals surface area contributed by atoms with Crippen LogP contribution in [0.25, 0.3) is 0 Å². The summed E-state index contributed by atoms with van der Waals surface area (Å²) >= 11 is 2.23. The molecule has 6 heteroatoms. The summed E-state index contributed by atoms with van der Waals surface area (Å²) in [6, 6.07) is 7.94. The summed E-state index contributed by atoms with van der Waals surface area (Å²) in [5.41, 5.74) is 0.506. The molecule has 1 aromatic rings. The van der Waals surface area contributed by atoms with E-state index in [1.54, 1.807) is 20.8 Å². The van der Waals surface area contributed by atoms with Crippen LogP contribution in [-0.2, 0) is 20.7 Å². The van der Waals surface area contributed by atoms with Gasteiger partial charge in [-0.3, -0.25) is 10.1 Å². The highest BCUT2D eigenvalue weighted by Crippen LogP contribution is 2.09. The lowest BCUT2D eigenvalue weighted by molar-refractivity contribution is -0.144. The summed E-state index contributed by atoms with van der Waals surface area (Å²) in [7, 11) is 0. The number of nitrogens with one attached hydrogen (secondary N) is 1. The SMILES string of the molecule is CC(C)(C)OC(=O)NCOC(=O)CCc1ccc(I)cc1. The molecular weight excluding hydrogens is 385 g/mol. The smallest absolute Gasteiger partial charge is 0.410 e. The van der Waals surface area contributed by atoms with Gasteiger partial charge in [-0.25, -0.2) is 4.79 Å². The summed E-state index contributed by atoms with van der Waals surface area (Å²) in [6.45, 7) is 5.11. The number of benzene rings is 1. The molecule has 0 aliphatic rings. The summed E-state index contributed by atoms with van der Waals surface area (Å²) in [5.74, 6) is -0.357. The van der Waals surface area contributed by atoms with Gasteiger partial charge < -0.3 is 9.47 Å². The third-order valence-electron chi connectivity index (χ3n) is 2.38. The number of aryl methyl sites for hydroxylation is 1. The Hall–Kier alpha value is -1.31. The minimum Gasteiger partial charge on any atom is -0.444 e. The van der Waals surface area contributed by atoms with E-state index in [0.29, 0.717) is 6.42 Å². The van der Waals surface area contributed by atoms with Gasteiger partial charge in [0.15, 0.2) is 6.73 Å². The quantitative estimate of drug-likeness (QED) is 0.464. The Morgan fingerprint density at radius 1 is 1.19 bits per heavy atom. The van der Waals surface area contributed by atoms with Crippen molar-refractivity contribution < 1.29 is 19.1 Å². The molecule has 0 atom stereocenters. The second-order valence-electron chi connectivity index (χ2n) is 5.47. The molecule has 1 amide bonds. The second kappa shape index (κ2) is 8.21. The number of carbonyl (C=O) groups is 2. The van der Waals surface area contributed by atoms with Crippen LogP contribution in [0.4, 0.5) is 4.79 Å². The Bertz CT molecular complexity index is 479. The molecule has 0 bridgehead atoms. The topological polar surface area (TPSA) is 64.6 Å². The lowest BCUT2D eigenvalue weighted by Crippen LogP contribution is -2.34. The van der Waals surface area contributed by atoms with Crippen LogP contribution >= 0.6 is 22.6 Å². The largest absolute Gasteiger partial charge is 0.444 e. The standard InChI is InChI=1S/C15H20INO4/c1-15(2,3)21-14(19)17-10-20-13(18)9-6-11-4-7-12(16)8-5-11/h4-5,7-8H,6,9-10H2,1-3H3,(H,17,19). The maximum atomic E-state index is 11.5. The zero-order valence-electron chi connectivity index (χ0n) is 12.4. The number of carbonyl (C=O) groups excluding carboxylic acids is 2. The Morgan fingerprint density at radius 3 is 2.38 bits per heavy atom. The van der Waals surface area contributed by atoms with Gasteiger partial charge in [-0.2, -0.15) is 0 Å². The van der Waals surface area contributed by atoms with Crippen molar-refractivity contribution in [1.82, 2.24) is 5.32 Å². The van der Waals surface area contributed by atoms with E-state index in [-0.39, 0.29) is 19.1 Å². The van der Waals surface area contributed by atoms with Crippen molar-refractivity contribution in [2.75, 3.05) is 6.73 Å². The molecule has 0 radical (unpaired) electrons. The van der Waals surface area contributed by atoms with Crippen LogP contribution in [0.5, 0.6) is 0 Å². The van der Waals surface area contributed by atoms with Crippen molar-refractivity contribution >= 4 is 34.7 Å². The highest BCUT2D eigenvalue weighted by Gasteiger charge is 2.15. The van der Waals surface area contributed by atoms with E-state index in [1.165, 1.54) is 0 Å². The first kappa shape index (κ1) is 17.7. The van der Waals surface area contributed by atoms with E-state index >= 15 is 0 Å². The van der Waals surface area contributed by atoms with Gasteiger partial charge in [0.05, 0.1) is 0 Å². The molecule has 1 rings (SSSR count). The van der Waals surface area contributed by atoms with Gasteiger partial charge in [0, 0.05) is 9.99 Å². The molecule has 1 aromatic carbocycles. The Morgan fingerprint density at radius 2 is 1.81 bits per heavy atom. The maximum absolute atomic E-state index is 11.5. The molecule has 1 N–H and O–H groups in total. The fourth-order valence-electron chi connectivity index (χ4n) is 1.46. The zero-order valence-corrected chi connectivity index (χ0v) is 14.6. The van der Waals surface area contributed by atoms with Gasteiger partial charge in [0.25, 0.3) is 0 Å². The van der Waals surface area contributed by atoms with Crippen molar-refractivity contribution in [3.8, 4) is 0 Å². The molecule has 0 aromatic heterocycles. The number of halogens is 1. The average molecular weight is 405 g/mol. The zero-order chi connectivity index (χ0) is 15.9. The Kier molecular flexibility index (Phi) is 6.94. The first-order valence-electron chi connectivity index (χ1n) is 6.63. The predicted molar refractivity (Wildman–Crippen MR) is 87.8 cm³/mol. The van der Waals surface area contributed by atoms with Crippen LogP contribution in [0.2, 0.25) is 0 Å². The van der Waals surface area contributed by atoms with E-state index in [9.17, 15) is 9.59 Å². The lowest BCUT2D eigenvalue weighted by atomic mass is 10.1. The normalized spacial score (nSPS) is 10.9. The maximum Gasteiger partial charge on any atom is 0.410 e. The van der Waals surface area contributed by atoms with E-state index in [1.807, 2.05) is 24.3 Å². The summed E-state index contributed by atoms with van der Waals surface area (Å²) in [4.78, 5) is 22.9. The highest BCUT2D eigenvalue weighted by atomic mass is 127. The van der Waals surface area contributed by atoms with Gasteiger partial charge in [-0.05, 0) is 67.5 Å². The van der Waals surface area contributed by atoms with Crippen LogP contribution in [0.1, 0.15) is 32.8 Å². The van der Waals surface area contributed by atoms with Gasteiger partial charge in [-0.15, -0.1) is 0 Å². The molecule has 0 fully saturated rings. The average Bonchev–Trinajstić information content (AvgIpc) is 2.36. The van der Waals surface area contributed by atoms with Crippen molar-refractivity contribution in [3.05, 3.63) is 33.4 Å². The van der Waals surface area contributed by atoms with Crippen LogP contribution in [0.15, 0.2) is 24.3 Å². The third-order valence-corrected chi connectivity index (χ3v) is 3.10. The van der Waals surface area contributed by atoms with E-state index < -0.39 is 11.7 Å². The van der Waals surface area contributed by atoms with E-state index in [4.69, 9.17) is 9.47 Å². The van der Waals surface area contributed by atoms with Gasteiger partial charge >= 0.3 is 12.1 Å². The number of hydrogen-bond donors (Lipinski definition) is 1. The molecule has 21 heavy (non-hydrogen) atoms. The summed E-state index contributed by atoms with van der Waals surface area (Å²) in [5, 5.41) is 2.37. The molecule has 0 saturated heterocycles. The van der Waals surface area contributed by atoms with Crippen molar-refractivity contribution in [3.63, 3.8) is 0 Å². The molecule has 0 unspecified atom stereocenters. The van der Waals surface area contributed by atoms with Crippen molar-refractivity contribution in [2.24, 2.45) is 0 Å². The molecule has 0 spiro atoms. The number of ether oxygens (including phenoxy) is 2. The fourth-order valence-corrected chi connectivity index (χ4v) is 1.82. The number of rotatable bonds is 5. The summed E-state index contributed by atoms with van der Waals surface area (Å²) < 4.78 is 11.1. The minimum atomic E-state index is -0.604. The van der Waals surface area contributed by atoms with Crippen molar-refractivity contribution in [1.29, 1.82) is 0 Å². The molecule has 0 saturated carbocycles. The fraction of sp³-hybridized carbons (Fsp3) is 0.467. The van der Waals surface area contributed by atoms with Crippen LogP contribution in [-0.4, -0.2) is 24.4 Å². The summed E-state index contributed by atoms with van der Waals surface area (Å²) in [6.07, 6.45) is 0.284. The molecule has 116 valence electrons. The first-order chi connectivity index (χ1) is 9.76. The lowest BCUT2D eigenvalue weighted by Gasteiger charge is -2.19. The number of amides is 1. The molecule has 0 aliphatic carbocycles. The van der Waals surface area contributed by atoms with Crippen molar-refractivity contribution in [2.45, 2.75) is 39.2 Å². The van der Waals surface area contributed by atoms with E-state index in [0.717, 1.165) is 9.13 Å². The highest BCUT2D eigenvalue weighted by molar-refractivity contribution is 14.1. The van der Waals surface area contributed by atoms with Crippen LogP contribution in [0.3, 0.4) is 0 Å². The number of alkyl carbamates (subject to hydrolysis) is 1. The minimum absolute atomic E-state index is 0.180. The molecule has 0 heterocycles. The second-order valence-corrected chi connectivity index (χ2v) is 6.71. The molecule has 5 nitrogen and oxygen atoms in total. The number of esters is 1. The molecule has 0 aliphatic heterocycles. The van der Waals surface area contributed by atoms with E-state index in [2.05, 4.69) is 27.9 Å². The van der Waals surface area contributed by atoms with Gasteiger partial charge in [0.2, 0.25) is 0 Å².